The maximum Gasteiger partial charge on any atom is 0.221 e. The molecular formula is C12H16N4O2. The second-order valence-corrected chi connectivity index (χ2v) is 3.56. The highest BCUT2D eigenvalue weighted by Crippen LogP contribution is 2.03. The lowest BCUT2D eigenvalue weighted by Crippen LogP contribution is -2.28. The zero-order valence-corrected chi connectivity index (χ0v) is 10.3. The molecule has 0 radical (unpaired) electrons. The Hall–Kier alpha value is -2.13. The van der Waals surface area contributed by atoms with Gasteiger partial charge in [0.2, 0.25) is 5.91 Å². The monoisotopic (exact) mass is 248 g/mol. The number of aromatic nitrogens is 1. The van der Waals surface area contributed by atoms with Gasteiger partial charge in [-0.25, -0.2) is 4.98 Å². The molecule has 1 rings (SSSR count). The molecule has 96 valence electrons. The number of carbonyl (C=O) groups is 1. The Morgan fingerprint density at radius 2 is 2.33 bits per heavy atom. The van der Waals surface area contributed by atoms with Crippen LogP contribution in [-0.2, 0) is 9.53 Å². The van der Waals surface area contributed by atoms with Crippen molar-refractivity contribution in [2.45, 2.75) is 6.42 Å². The van der Waals surface area contributed by atoms with Crippen LogP contribution in [0.5, 0.6) is 0 Å². The molecule has 0 fully saturated rings. The maximum absolute atomic E-state index is 11.3. The second kappa shape index (κ2) is 8.03. The number of hydrogen-bond acceptors (Lipinski definition) is 5. The molecule has 0 bridgehead atoms. The van der Waals surface area contributed by atoms with Crippen molar-refractivity contribution in [1.29, 1.82) is 5.26 Å². The van der Waals surface area contributed by atoms with Crippen molar-refractivity contribution >= 4 is 11.7 Å². The van der Waals surface area contributed by atoms with Gasteiger partial charge in [-0.3, -0.25) is 4.79 Å². The molecule has 0 aliphatic carbocycles. The number of nitrogens with zero attached hydrogens (tertiary/aromatic N) is 2. The van der Waals surface area contributed by atoms with Crippen LogP contribution in [0.3, 0.4) is 0 Å². The maximum atomic E-state index is 11.3. The third-order valence-corrected chi connectivity index (χ3v) is 2.18. The third kappa shape index (κ3) is 5.27. The van der Waals surface area contributed by atoms with Gasteiger partial charge in [0.25, 0.3) is 0 Å². The van der Waals surface area contributed by atoms with Gasteiger partial charge in [-0.2, -0.15) is 5.26 Å². The largest absolute Gasteiger partial charge is 0.383 e. The molecule has 0 saturated heterocycles. The average Bonchev–Trinajstić information content (AvgIpc) is 2.40. The van der Waals surface area contributed by atoms with Gasteiger partial charge in [0.1, 0.15) is 11.9 Å². The molecule has 6 heteroatoms. The van der Waals surface area contributed by atoms with E-state index in [9.17, 15) is 4.79 Å². The summed E-state index contributed by atoms with van der Waals surface area (Å²) in [6.45, 7) is 1.53. The van der Waals surface area contributed by atoms with Crippen LogP contribution in [0.1, 0.15) is 12.0 Å². The summed E-state index contributed by atoms with van der Waals surface area (Å²) in [4.78, 5) is 15.4. The number of nitriles is 1. The van der Waals surface area contributed by atoms with Crippen molar-refractivity contribution in [3.63, 3.8) is 0 Å². The SMILES string of the molecule is COCCNC(=O)CCNc1ccc(C#N)cn1. The number of amides is 1. The summed E-state index contributed by atoms with van der Waals surface area (Å²) in [5.74, 6) is 0.617. The zero-order valence-electron chi connectivity index (χ0n) is 10.3. The van der Waals surface area contributed by atoms with Gasteiger partial charge < -0.3 is 15.4 Å². The van der Waals surface area contributed by atoms with Crippen LogP contribution in [0.25, 0.3) is 0 Å². The minimum absolute atomic E-state index is 0.0341. The first kappa shape index (κ1) is 13.9. The smallest absolute Gasteiger partial charge is 0.221 e. The molecule has 0 aromatic carbocycles. The van der Waals surface area contributed by atoms with E-state index in [1.54, 1.807) is 19.2 Å². The quantitative estimate of drug-likeness (QED) is 0.687. The van der Waals surface area contributed by atoms with E-state index in [4.69, 9.17) is 10.00 Å². The van der Waals surface area contributed by atoms with E-state index in [1.807, 2.05) is 6.07 Å². The Balaban J connectivity index is 2.20. The topological polar surface area (TPSA) is 87.0 Å². The first-order valence-corrected chi connectivity index (χ1v) is 5.62. The molecule has 1 amide bonds. The standard InChI is InChI=1S/C12H16N4O2/c1-18-7-6-15-12(17)4-5-14-11-3-2-10(8-13)9-16-11/h2-3,9H,4-7H2,1H3,(H,14,16)(H,15,17). The number of hydrogen-bond donors (Lipinski definition) is 2. The highest BCUT2D eigenvalue weighted by molar-refractivity contribution is 5.76. The number of nitrogens with one attached hydrogen (secondary N) is 2. The van der Waals surface area contributed by atoms with Crippen molar-refractivity contribution in [3.05, 3.63) is 23.9 Å². The lowest BCUT2D eigenvalue weighted by atomic mass is 10.3. The minimum Gasteiger partial charge on any atom is -0.383 e. The zero-order chi connectivity index (χ0) is 13.2. The highest BCUT2D eigenvalue weighted by Gasteiger charge is 2.00. The molecular weight excluding hydrogens is 232 g/mol. The Labute approximate surface area is 106 Å². The summed E-state index contributed by atoms with van der Waals surface area (Å²) in [6, 6.07) is 5.38. The van der Waals surface area contributed by atoms with Crippen LogP contribution >= 0.6 is 0 Å². The fraction of sp³-hybridized carbons (Fsp3) is 0.417. The van der Waals surface area contributed by atoms with Crippen molar-refractivity contribution < 1.29 is 9.53 Å². The van der Waals surface area contributed by atoms with Crippen LogP contribution in [0.4, 0.5) is 5.82 Å². The van der Waals surface area contributed by atoms with E-state index in [0.29, 0.717) is 37.5 Å². The fourth-order valence-electron chi connectivity index (χ4n) is 1.25. The Bertz CT molecular complexity index is 411. The van der Waals surface area contributed by atoms with Crippen LogP contribution in [0, 0.1) is 11.3 Å². The van der Waals surface area contributed by atoms with Crippen LogP contribution in [0.15, 0.2) is 18.3 Å². The number of methoxy groups -OCH3 is 1. The Morgan fingerprint density at radius 3 is 2.94 bits per heavy atom. The van der Waals surface area contributed by atoms with Gasteiger partial charge in [0.05, 0.1) is 12.2 Å². The lowest BCUT2D eigenvalue weighted by Gasteiger charge is -2.06. The summed E-state index contributed by atoms with van der Waals surface area (Å²) in [5.41, 5.74) is 0.512. The van der Waals surface area contributed by atoms with Crippen LogP contribution in [0.2, 0.25) is 0 Å². The first-order valence-electron chi connectivity index (χ1n) is 5.62. The normalized spacial score (nSPS) is 9.56. The molecule has 1 aromatic heterocycles. The lowest BCUT2D eigenvalue weighted by molar-refractivity contribution is -0.121. The van der Waals surface area contributed by atoms with Gasteiger partial charge >= 0.3 is 0 Å². The van der Waals surface area contributed by atoms with E-state index in [-0.39, 0.29) is 5.91 Å². The predicted octanol–water partition coefficient (Wildman–Crippen LogP) is 0.518. The second-order valence-electron chi connectivity index (χ2n) is 3.56. The van der Waals surface area contributed by atoms with Gasteiger partial charge in [0, 0.05) is 32.8 Å². The van der Waals surface area contributed by atoms with E-state index in [1.165, 1.54) is 6.20 Å². The summed E-state index contributed by atoms with van der Waals surface area (Å²) in [6.07, 6.45) is 1.85. The molecule has 0 saturated carbocycles. The van der Waals surface area contributed by atoms with E-state index >= 15 is 0 Å². The van der Waals surface area contributed by atoms with E-state index in [0.717, 1.165) is 0 Å². The van der Waals surface area contributed by atoms with Gasteiger partial charge in [-0.1, -0.05) is 0 Å². The van der Waals surface area contributed by atoms with Gasteiger partial charge in [0.15, 0.2) is 0 Å². The minimum atomic E-state index is -0.0341. The van der Waals surface area contributed by atoms with Crippen molar-refractivity contribution in [2.24, 2.45) is 0 Å². The van der Waals surface area contributed by atoms with E-state index in [2.05, 4.69) is 15.6 Å². The van der Waals surface area contributed by atoms with Gasteiger partial charge in [-0.15, -0.1) is 0 Å². The summed E-state index contributed by atoms with van der Waals surface area (Å²) in [7, 11) is 1.59. The molecule has 2 N–H and O–H groups in total. The molecule has 18 heavy (non-hydrogen) atoms. The highest BCUT2D eigenvalue weighted by atomic mass is 16.5. The number of pyridine rings is 1. The Morgan fingerprint density at radius 1 is 1.50 bits per heavy atom. The average molecular weight is 248 g/mol. The van der Waals surface area contributed by atoms with Gasteiger partial charge in [-0.05, 0) is 12.1 Å². The number of anilines is 1. The molecule has 0 spiro atoms. The van der Waals surface area contributed by atoms with Crippen molar-refractivity contribution in [2.75, 3.05) is 32.1 Å². The molecule has 0 unspecified atom stereocenters. The molecule has 1 aromatic rings. The van der Waals surface area contributed by atoms with Crippen molar-refractivity contribution in [3.8, 4) is 6.07 Å². The molecule has 1 heterocycles. The fourth-order valence-corrected chi connectivity index (χ4v) is 1.25. The number of carbonyl (C=O) groups excluding carboxylic acids is 1. The summed E-state index contributed by atoms with van der Waals surface area (Å²) in [5, 5.41) is 14.3. The number of rotatable bonds is 7. The number of ether oxygens (including phenoxy) is 1. The first-order chi connectivity index (χ1) is 8.76. The Kier molecular flexibility index (Phi) is 6.22. The summed E-state index contributed by atoms with van der Waals surface area (Å²) < 4.78 is 4.82. The molecule has 6 nitrogen and oxygen atoms in total. The van der Waals surface area contributed by atoms with E-state index < -0.39 is 0 Å². The van der Waals surface area contributed by atoms with Crippen LogP contribution in [-0.4, -0.2) is 37.7 Å². The third-order valence-electron chi connectivity index (χ3n) is 2.18. The van der Waals surface area contributed by atoms with Crippen LogP contribution < -0.4 is 10.6 Å². The van der Waals surface area contributed by atoms with Crippen molar-refractivity contribution in [1.82, 2.24) is 10.3 Å². The molecule has 0 aliphatic rings. The summed E-state index contributed by atoms with van der Waals surface area (Å²) >= 11 is 0. The molecule has 0 atom stereocenters. The molecule has 0 aliphatic heterocycles. The predicted molar refractivity (Wildman–Crippen MR) is 66.9 cm³/mol.